The molecule has 0 radical (unpaired) electrons. The zero-order valence-electron chi connectivity index (χ0n) is 14.2. The maximum Gasteiger partial charge on any atom is 0.435 e. The van der Waals surface area contributed by atoms with Crippen LogP contribution in [-0.4, -0.2) is 34.2 Å². The zero-order valence-corrected chi connectivity index (χ0v) is 14.2. The number of hydrogen-bond donors (Lipinski definition) is 0. The van der Waals surface area contributed by atoms with Crippen LogP contribution in [-0.2, 0) is 17.5 Å². The van der Waals surface area contributed by atoms with Crippen LogP contribution in [0.5, 0.6) is 5.75 Å². The van der Waals surface area contributed by atoms with Gasteiger partial charge in [0.15, 0.2) is 5.69 Å². The van der Waals surface area contributed by atoms with Gasteiger partial charge in [0.2, 0.25) is 5.91 Å². The molecule has 8 heteroatoms. The Balaban J connectivity index is 2.13. The van der Waals surface area contributed by atoms with Crippen LogP contribution < -0.4 is 4.74 Å². The highest BCUT2D eigenvalue weighted by molar-refractivity contribution is 5.76. The Labute approximate surface area is 144 Å². The van der Waals surface area contributed by atoms with E-state index in [9.17, 15) is 18.0 Å². The van der Waals surface area contributed by atoms with E-state index < -0.39 is 11.9 Å². The first-order valence-corrected chi connectivity index (χ1v) is 7.80. The van der Waals surface area contributed by atoms with Crippen molar-refractivity contribution < 1.29 is 22.7 Å². The van der Waals surface area contributed by atoms with Crippen molar-refractivity contribution in [1.29, 1.82) is 0 Å². The number of nitrogens with zero attached hydrogens (tertiary/aromatic N) is 3. The lowest BCUT2D eigenvalue weighted by atomic mass is 10.1. The number of benzene rings is 1. The van der Waals surface area contributed by atoms with E-state index in [1.165, 1.54) is 0 Å². The van der Waals surface area contributed by atoms with E-state index in [1.807, 2.05) is 32.0 Å². The van der Waals surface area contributed by atoms with Gasteiger partial charge in [-0.15, -0.1) is 0 Å². The molecule has 2 aromatic rings. The van der Waals surface area contributed by atoms with Crippen molar-refractivity contribution in [1.82, 2.24) is 14.7 Å². The van der Waals surface area contributed by atoms with Gasteiger partial charge in [-0.3, -0.25) is 9.48 Å². The van der Waals surface area contributed by atoms with Crippen LogP contribution in [0.2, 0.25) is 0 Å². The summed E-state index contributed by atoms with van der Waals surface area (Å²) in [4.78, 5) is 14.1. The van der Waals surface area contributed by atoms with Crippen molar-refractivity contribution in [2.24, 2.45) is 0 Å². The Kier molecular flexibility index (Phi) is 5.71. The van der Waals surface area contributed by atoms with Crippen molar-refractivity contribution in [3.05, 3.63) is 47.8 Å². The van der Waals surface area contributed by atoms with Crippen LogP contribution in [0.15, 0.2) is 36.5 Å². The van der Waals surface area contributed by atoms with E-state index in [0.29, 0.717) is 12.3 Å². The predicted octanol–water partition coefficient (Wildman–Crippen LogP) is 3.52. The highest BCUT2D eigenvalue weighted by Gasteiger charge is 2.33. The van der Waals surface area contributed by atoms with Crippen molar-refractivity contribution in [2.75, 3.05) is 13.7 Å². The van der Waals surface area contributed by atoms with E-state index >= 15 is 0 Å². The lowest BCUT2D eigenvalue weighted by Gasteiger charge is -2.28. The Morgan fingerprint density at radius 2 is 2.08 bits per heavy atom. The molecule has 0 N–H and O–H groups in total. The second kappa shape index (κ2) is 7.58. The number of aromatic nitrogens is 2. The first-order valence-electron chi connectivity index (χ1n) is 7.80. The van der Waals surface area contributed by atoms with Gasteiger partial charge in [0.1, 0.15) is 12.3 Å². The zero-order chi connectivity index (χ0) is 18.6. The van der Waals surface area contributed by atoms with Crippen molar-refractivity contribution in [3.8, 4) is 5.75 Å². The van der Waals surface area contributed by atoms with E-state index in [0.717, 1.165) is 22.5 Å². The summed E-state index contributed by atoms with van der Waals surface area (Å²) in [6, 6.07) is 7.94. The molecular weight excluding hydrogens is 335 g/mol. The molecule has 0 bridgehead atoms. The number of likely N-dealkylation sites (N-methyl/N-ethyl adjacent to an activating group) is 1. The Morgan fingerprint density at radius 1 is 1.36 bits per heavy atom. The van der Waals surface area contributed by atoms with Gasteiger partial charge in [-0.1, -0.05) is 12.1 Å². The molecule has 1 aromatic carbocycles. The molecule has 0 saturated heterocycles. The predicted molar refractivity (Wildman–Crippen MR) is 86.0 cm³/mol. The molecule has 0 aliphatic carbocycles. The summed E-state index contributed by atoms with van der Waals surface area (Å²) >= 11 is 0. The van der Waals surface area contributed by atoms with Crippen LogP contribution >= 0.6 is 0 Å². The fraction of sp³-hybridized carbons (Fsp3) is 0.412. The SMILES string of the molecule is CCN(C(=O)Cn1ccc(C(F)(F)F)n1)[C@H](C)c1cccc(OC)c1. The minimum atomic E-state index is -4.52. The molecule has 1 amide bonds. The third-order valence-electron chi connectivity index (χ3n) is 3.93. The molecule has 2 rings (SSSR count). The monoisotopic (exact) mass is 355 g/mol. The van der Waals surface area contributed by atoms with E-state index in [1.54, 1.807) is 18.1 Å². The fourth-order valence-electron chi connectivity index (χ4n) is 2.58. The number of rotatable bonds is 6. The van der Waals surface area contributed by atoms with Crippen LogP contribution in [0.1, 0.15) is 31.1 Å². The summed E-state index contributed by atoms with van der Waals surface area (Å²) in [5.74, 6) is 0.365. The number of ether oxygens (including phenoxy) is 1. The summed E-state index contributed by atoms with van der Waals surface area (Å²) in [7, 11) is 1.56. The molecule has 0 spiro atoms. The Bertz CT molecular complexity index is 728. The molecule has 0 unspecified atom stereocenters. The third kappa shape index (κ3) is 4.52. The van der Waals surface area contributed by atoms with E-state index in [-0.39, 0.29) is 18.5 Å². The summed E-state index contributed by atoms with van der Waals surface area (Å²) in [5, 5.41) is 3.42. The summed E-state index contributed by atoms with van der Waals surface area (Å²) in [6.45, 7) is 3.85. The molecule has 25 heavy (non-hydrogen) atoms. The van der Waals surface area contributed by atoms with Gasteiger partial charge in [0, 0.05) is 12.7 Å². The van der Waals surface area contributed by atoms with Gasteiger partial charge in [-0.25, -0.2) is 0 Å². The average Bonchev–Trinajstić information content (AvgIpc) is 3.04. The molecule has 0 aliphatic rings. The van der Waals surface area contributed by atoms with Crippen LogP contribution in [0.25, 0.3) is 0 Å². The van der Waals surface area contributed by atoms with Crippen molar-refractivity contribution in [3.63, 3.8) is 0 Å². The fourth-order valence-corrected chi connectivity index (χ4v) is 2.58. The van der Waals surface area contributed by atoms with E-state index in [4.69, 9.17) is 4.74 Å². The largest absolute Gasteiger partial charge is 0.497 e. The smallest absolute Gasteiger partial charge is 0.435 e. The van der Waals surface area contributed by atoms with Crippen LogP contribution in [0.3, 0.4) is 0 Å². The number of alkyl halides is 3. The van der Waals surface area contributed by atoms with Crippen molar-refractivity contribution in [2.45, 2.75) is 32.6 Å². The maximum absolute atomic E-state index is 12.6. The quantitative estimate of drug-likeness (QED) is 0.797. The molecule has 0 saturated carbocycles. The number of carbonyl (C=O) groups is 1. The molecule has 0 aliphatic heterocycles. The van der Waals surface area contributed by atoms with Crippen LogP contribution in [0.4, 0.5) is 13.2 Å². The third-order valence-corrected chi connectivity index (χ3v) is 3.93. The number of carbonyl (C=O) groups excluding carboxylic acids is 1. The molecular formula is C17H20F3N3O2. The normalized spacial score (nSPS) is 12.7. The molecule has 1 aromatic heterocycles. The lowest BCUT2D eigenvalue weighted by Crippen LogP contribution is -2.36. The number of hydrogen-bond acceptors (Lipinski definition) is 3. The minimum absolute atomic E-state index is 0.245. The lowest BCUT2D eigenvalue weighted by molar-refractivity contribution is -0.142. The van der Waals surface area contributed by atoms with Gasteiger partial charge in [-0.2, -0.15) is 18.3 Å². The molecule has 5 nitrogen and oxygen atoms in total. The second-order valence-corrected chi connectivity index (χ2v) is 5.53. The first-order chi connectivity index (χ1) is 11.8. The standard InChI is InChI=1S/C17H20F3N3O2/c1-4-23(12(2)13-6-5-7-14(10-13)25-3)16(24)11-22-9-8-15(21-22)17(18,19)20/h5-10,12H,4,11H2,1-3H3/t12-/m1/s1. The maximum atomic E-state index is 12.6. The van der Waals surface area contributed by atoms with Gasteiger partial charge in [-0.05, 0) is 37.6 Å². The summed E-state index contributed by atoms with van der Waals surface area (Å²) < 4.78 is 44.0. The van der Waals surface area contributed by atoms with E-state index in [2.05, 4.69) is 5.10 Å². The minimum Gasteiger partial charge on any atom is -0.497 e. The highest BCUT2D eigenvalue weighted by atomic mass is 19.4. The first kappa shape index (κ1) is 18.8. The summed E-state index contributed by atoms with van der Waals surface area (Å²) in [6.07, 6.45) is -3.36. The van der Waals surface area contributed by atoms with Gasteiger partial charge < -0.3 is 9.64 Å². The highest BCUT2D eigenvalue weighted by Crippen LogP contribution is 2.27. The molecule has 136 valence electrons. The average molecular weight is 355 g/mol. The molecule has 0 fully saturated rings. The van der Waals surface area contributed by atoms with Crippen LogP contribution in [0, 0.1) is 0 Å². The topological polar surface area (TPSA) is 47.4 Å². The molecule has 1 heterocycles. The molecule has 1 atom stereocenters. The second-order valence-electron chi connectivity index (χ2n) is 5.53. The number of amides is 1. The van der Waals surface area contributed by atoms with Gasteiger partial charge >= 0.3 is 6.18 Å². The number of halogens is 3. The Hall–Kier alpha value is -2.51. The summed E-state index contributed by atoms with van der Waals surface area (Å²) in [5.41, 5.74) is -0.129. The van der Waals surface area contributed by atoms with Crippen molar-refractivity contribution >= 4 is 5.91 Å². The number of methoxy groups -OCH3 is 1. The van der Waals surface area contributed by atoms with Gasteiger partial charge in [0.05, 0.1) is 13.2 Å². The van der Waals surface area contributed by atoms with Gasteiger partial charge in [0.25, 0.3) is 0 Å². The Morgan fingerprint density at radius 3 is 2.64 bits per heavy atom.